The van der Waals surface area contributed by atoms with Gasteiger partial charge in [0.05, 0.1) is 24.4 Å². The predicted molar refractivity (Wildman–Crippen MR) is 167 cm³/mol. The van der Waals surface area contributed by atoms with Crippen LogP contribution < -0.4 is 0 Å². The van der Waals surface area contributed by atoms with Crippen molar-refractivity contribution in [2.24, 2.45) is 34.5 Å². The van der Waals surface area contributed by atoms with E-state index in [-0.39, 0.29) is 53.2 Å². The fourth-order valence-corrected chi connectivity index (χ4v) is 11.4. The highest BCUT2D eigenvalue weighted by Crippen LogP contribution is 2.70. The summed E-state index contributed by atoms with van der Waals surface area (Å²) < 4.78 is 28.7. The number of ether oxygens (including phenoxy) is 5. The summed E-state index contributed by atoms with van der Waals surface area (Å²) in [4.78, 5) is 11.9. The van der Waals surface area contributed by atoms with Crippen LogP contribution in [-0.4, -0.2) is 140 Å². The van der Waals surface area contributed by atoms with E-state index < -0.39 is 73.6 Å². The fourth-order valence-electron chi connectivity index (χ4n) is 11.4. The van der Waals surface area contributed by atoms with Crippen molar-refractivity contribution in [1.29, 1.82) is 0 Å². The van der Waals surface area contributed by atoms with Crippen molar-refractivity contribution in [2.75, 3.05) is 19.8 Å². The van der Waals surface area contributed by atoms with Crippen molar-refractivity contribution >= 4 is 5.97 Å². The summed E-state index contributed by atoms with van der Waals surface area (Å²) in [6.07, 6.45) is -5.76. The molecular weight excluding hydrogens is 644 g/mol. The Labute approximate surface area is 285 Å². The van der Waals surface area contributed by atoms with Crippen LogP contribution in [-0.2, 0) is 28.5 Å². The molecule has 2 saturated heterocycles. The van der Waals surface area contributed by atoms with Crippen LogP contribution >= 0.6 is 0 Å². The molecular formula is C35H54O14. The van der Waals surface area contributed by atoms with Gasteiger partial charge in [-0.2, -0.15) is 0 Å². The lowest BCUT2D eigenvalue weighted by Crippen LogP contribution is -2.64. The van der Waals surface area contributed by atoms with E-state index in [4.69, 9.17) is 23.7 Å². The van der Waals surface area contributed by atoms with Crippen LogP contribution in [0.4, 0.5) is 0 Å². The monoisotopic (exact) mass is 698 g/mol. The molecule has 0 radical (unpaired) electrons. The lowest BCUT2D eigenvalue weighted by atomic mass is 9.43. The van der Waals surface area contributed by atoms with Crippen LogP contribution in [0.15, 0.2) is 11.6 Å². The zero-order valence-electron chi connectivity index (χ0n) is 28.3. The average Bonchev–Trinajstić information content (AvgIpc) is 3.64. The van der Waals surface area contributed by atoms with Gasteiger partial charge >= 0.3 is 5.97 Å². The molecule has 7 rings (SSSR count). The summed E-state index contributed by atoms with van der Waals surface area (Å²) in [6, 6.07) is 0. The molecule has 0 bridgehead atoms. The van der Waals surface area contributed by atoms with Crippen LogP contribution in [0.1, 0.15) is 71.6 Å². The van der Waals surface area contributed by atoms with Gasteiger partial charge in [0.25, 0.3) is 0 Å². The van der Waals surface area contributed by atoms with E-state index in [0.717, 1.165) is 37.7 Å². The zero-order chi connectivity index (χ0) is 35.0. The first-order valence-corrected chi connectivity index (χ1v) is 18.1. The minimum atomic E-state index is -1.67. The number of carbonyl (C=O) groups is 1. The number of hydrogen-bond acceptors (Lipinski definition) is 14. The zero-order valence-corrected chi connectivity index (χ0v) is 28.3. The van der Waals surface area contributed by atoms with Gasteiger partial charge in [-0.3, -0.25) is 0 Å². The smallest absolute Gasteiger partial charge is 0.331 e. The largest absolute Gasteiger partial charge is 0.458 e. The topological polar surface area (TPSA) is 225 Å². The van der Waals surface area contributed by atoms with Crippen LogP contribution in [0.2, 0.25) is 0 Å². The fraction of sp³-hybridized carbons (Fsp3) is 0.914. The number of hydrogen-bond donors (Lipinski definition) is 8. The van der Waals surface area contributed by atoms with Gasteiger partial charge in [-0.25, -0.2) is 4.79 Å². The second-order valence-corrected chi connectivity index (χ2v) is 16.2. The Bertz CT molecular complexity index is 1260. The van der Waals surface area contributed by atoms with Gasteiger partial charge in [0, 0.05) is 18.1 Å². The molecule has 8 N–H and O–H groups in total. The number of fused-ring (bicyclic) bond motifs is 5. The first-order chi connectivity index (χ1) is 23.3. The molecule has 6 fully saturated rings. The van der Waals surface area contributed by atoms with Gasteiger partial charge in [0.2, 0.25) is 0 Å². The van der Waals surface area contributed by atoms with Gasteiger partial charge in [-0.05, 0) is 99.4 Å². The Morgan fingerprint density at radius 1 is 0.837 bits per heavy atom. The highest BCUT2D eigenvalue weighted by Gasteiger charge is 2.68. The number of cyclic esters (lactones) is 1. The predicted octanol–water partition coefficient (Wildman–Crippen LogP) is -0.747. The van der Waals surface area contributed by atoms with Crippen molar-refractivity contribution < 1.29 is 69.3 Å². The minimum absolute atomic E-state index is 0.0184. The second kappa shape index (κ2) is 13.3. The van der Waals surface area contributed by atoms with Crippen molar-refractivity contribution in [1.82, 2.24) is 0 Å². The molecule has 0 spiro atoms. The van der Waals surface area contributed by atoms with E-state index in [9.17, 15) is 45.6 Å². The molecule has 7 aliphatic rings. The third kappa shape index (κ3) is 5.64. The molecule has 0 unspecified atom stereocenters. The molecule has 0 aromatic heterocycles. The van der Waals surface area contributed by atoms with Gasteiger partial charge in [0.1, 0.15) is 49.3 Å². The van der Waals surface area contributed by atoms with Crippen molar-refractivity contribution in [3.05, 3.63) is 11.6 Å². The standard InChI is InChI=1S/C35H54O14/c1-16-30(49-32-28(42)26(40)25(39)23(13-36)48-32)27(41)29(43)31(46-16)47-19-5-9-34(15-37)18(12-19)3-4-22-21(34)6-8-33(2)20(7-10-35(22,33)44)17-11-24(38)45-14-17/h11,16,18-23,25-32,36-37,39-44H,3-10,12-15H2,1-2H3/t16-,18-,19+,20-,21+,22-,23-,25-,26+,27-,28-,29-,30-,31+,32+,33-,34-,35+/m1/s1. The molecule has 0 aromatic rings. The highest BCUT2D eigenvalue weighted by atomic mass is 16.7. The van der Waals surface area contributed by atoms with Crippen molar-refractivity contribution in [2.45, 2.75) is 145 Å². The molecule has 14 nitrogen and oxygen atoms in total. The maximum Gasteiger partial charge on any atom is 0.331 e. The molecule has 278 valence electrons. The van der Waals surface area contributed by atoms with E-state index >= 15 is 0 Å². The Hall–Kier alpha value is -1.27. The third-order valence-electron chi connectivity index (χ3n) is 14.2. The third-order valence-corrected chi connectivity index (χ3v) is 14.2. The molecule has 49 heavy (non-hydrogen) atoms. The van der Waals surface area contributed by atoms with Crippen molar-refractivity contribution in [3.63, 3.8) is 0 Å². The molecule has 0 aromatic carbocycles. The van der Waals surface area contributed by atoms with E-state index in [0.29, 0.717) is 32.3 Å². The highest BCUT2D eigenvalue weighted by molar-refractivity contribution is 5.85. The molecule has 3 aliphatic heterocycles. The summed E-state index contributed by atoms with van der Waals surface area (Å²) in [5, 5.41) is 85.8. The van der Waals surface area contributed by atoms with Gasteiger partial charge in [0.15, 0.2) is 12.6 Å². The van der Waals surface area contributed by atoms with E-state index in [1.807, 2.05) is 0 Å². The minimum Gasteiger partial charge on any atom is -0.458 e. The van der Waals surface area contributed by atoms with Crippen LogP contribution in [0.3, 0.4) is 0 Å². The summed E-state index contributed by atoms with van der Waals surface area (Å²) in [7, 11) is 0. The Kier molecular flexibility index (Phi) is 9.80. The molecule has 14 heteroatoms. The first kappa shape index (κ1) is 36.1. The van der Waals surface area contributed by atoms with Crippen LogP contribution in [0.5, 0.6) is 0 Å². The average molecular weight is 699 g/mol. The molecule has 4 aliphatic carbocycles. The lowest BCUT2D eigenvalue weighted by molar-refractivity contribution is -0.360. The molecule has 3 heterocycles. The Morgan fingerprint density at radius 2 is 1.57 bits per heavy atom. The van der Waals surface area contributed by atoms with Crippen LogP contribution in [0, 0.1) is 34.5 Å². The number of aliphatic hydroxyl groups excluding tert-OH is 7. The number of aliphatic hydroxyl groups is 8. The van der Waals surface area contributed by atoms with Gasteiger partial charge in [-0.15, -0.1) is 0 Å². The number of rotatable bonds is 7. The summed E-state index contributed by atoms with van der Waals surface area (Å²) in [5.74, 6) is 0.104. The summed E-state index contributed by atoms with van der Waals surface area (Å²) in [5.41, 5.74) is -0.641. The Balaban J connectivity index is 0.995. The van der Waals surface area contributed by atoms with Gasteiger partial charge < -0.3 is 64.5 Å². The summed E-state index contributed by atoms with van der Waals surface area (Å²) >= 11 is 0. The molecule has 4 saturated carbocycles. The van der Waals surface area contributed by atoms with Crippen molar-refractivity contribution in [3.8, 4) is 0 Å². The van der Waals surface area contributed by atoms with Crippen LogP contribution in [0.25, 0.3) is 0 Å². The Morgan fingerprint density at radius 3 is 2.27 bits per heavy atom. The number of esters is 1. The maximum atomic E-state index is 12.5. The molecule has 0 amide bonds. The van der Waals surface area contributed by atoms with E-state index in [1.165, 1.54) is 0 Å². The first-order valence-electron chi connectivity index (χ1n) is 18.1. The van der Waals surface area contributed by atoms with Gasteiger partial charge in [-0.1, -0.05) is 6.92 Å². The summed E-state index contributed by atoms with van der Waals surface area (Å²) in [6.45, 7) is 3.47. The number of carbonyl (C=O) groups excluding carboxylic acids is 1. The normalized spacial score (nSPS) is 54.4. The maximum absolute atomic E-state index is 12.5. The van der Waals surface area contributed by atoms with E-state index in [1.54, 1.807) is 13.0 Å². The van der Waals surface area contributed by atoms with E-state index in [2.05, 4.69) is 6.92 Å². The molecule has 18 atom stereocenters. The lowest BCUT2D eigenvalue weighted by Gasteiger charge is -2.64. The quantitative estimate of drug-likeness (QED) is 0.121. The second-order valence-electron chi connectivity index (χ2n) is 16.2. The SMILES string of the molecule is C[C@H]1O[C@@H](O[C@H]2CC[C@@]3(CO)[C@H](CC[C@@H]4[C@@H]3CC[C@]3(C)[C@@H](C5=CC(=O)OC5)CC[C@]43O)C2)[C@H](O)[C@@H](O)[C@@H]1O[C@@H]1O[C@H](CO)[C@@H](O)[C@H](O)[C@H]1O.